The van der Waals surface area contributed by atoms with Gasteiger partial charge >= 0.3 is 0 Å². The molecule has 0 aliphatic carbocycles. The zero-order chi connectivity index (χ0) is 17.1. The molecule has 0 aliphatic rings. The van der Waals surface area contributed by atoms with Crippen LogP contribution in [0, 0.1) is 25.2 Å². The normalized spacial score (nSPS) is 10.5. The monoisotopic (exact) mass is 354 g/mol. The van der Waals surface area contributed by atoms with E-state index in [1.54, 1.807) is 11.6 Å². The molecule has 0 spiro atoms. The lowest BCUT2D eigenvalue weighted by atomic mass is 10.1. The van der Waals surface area contributed by atoms with Crippen LogP contribution in [0.1, 0.15) is 16.7 Å². The number of hydrogen-bond acceptors (Lipinski definition) is 6. The van der Waals surface area contributed by atoms with Gasteiger partial charge in [0.2, 0.25) is 5.91 Å². The first kappa shape index (κ1) is 16.4. The number of benzene rings is 1. The predicted molar refractivity (Wildman–Crippen MR) is 97.4 cm³/mol. The van der Waals surface area contributed by atoms with Crippen molar-refractivity contribution in [3.63, 3.8) is 0 Å². The molecule has 24 heavy (non-hydrogen) atoms. The molecule has 1 N–H and O–H groups in total. The molecule has 2 aromatic heterocycles. The average molecular weight is 354 g/mol. The summed E-state index contributed by atoms with van der Waals surface area (Å²) >= 11 is 2.62. The van der Waals surface area contributed by atoms with Crippen LogP contribution in [-0.2, 0) is 4.79 Å². The highest BCUT2D eigenvalue weighted by Gasteiger charge is 2.12. The minimum Gasteiger partial charge on any atom is -0.301 e. The molecule has 0 aliphatic heterocycles. The van der Waals surface area contributed by atoms with Gasteiger partial charge in [0, 0.05) is 17.0 Å². The van der Waals surface area contributed by atoms with E-state index in [0.29, 0.717) is 15.7 Å². The first-order valence-electron chi connectivity index (χ1n) is 7.21. The summed E-state index contributed by atoms with van der Waals surface area (Å²) in [5, 5.41) is 16.0. The summed E-state index contributed by atoms with van der Waals surface area (Å²) in [5.74, 6) is 0.0123. The van der Waals surface area contributed by atoms with Gasteiger partial charge in [-0.05, 0) is 43.2 Å². The van der Waals surface area contributed by atoms with Crippen molar-refractivity contribution < 1.29 is 4.79 Å². The number of aromatic nitrogens is 2. The molecular formula is C17H14N4OS2. The number of carbonyl (C=O) groups is 1. The SMILES string of the molecule is Cc1cc2cc(C#N)c(SCC(=O)Nc3nccs3)nc2cc1C. The zero-order valence-electron chi connectivity index (χ0n) is 13.2. The quantitative estimate of drug-likeness (QED) is 0.719. The van der Waals surface area contributed by atoms with Crippen molar-refractivity contribution in [3.05, 3.63) is 46.5 Å². The Morgan fingerprint density at radius 2 is 2.12 bits per heavy atom. The number of nitrogens with zero attached hydrogens (tertiary/aromatic N) is 3. The summed E-state index contributed by atoms with van der Waals surface area (Å²) in [6.45, 7) is 4.06. The Kier molecular flexibility index (Phi) is 4.79. The van der Waals surface area contributed by atoms with E-state index in [2.05, 4.69) is 21.4 Å². The maximum Gasteiger partial charge on any atom is 0.236 e. The van der Waals surface area contributed by atoms with Gasteiger partial charge in [-0.3, -0.25) is 4.79 Å². The number of nitrogens with one attached hydrogen (secondary N) is 1. The Hall–Kier alpha value is -2.43. The molecule has 5 nitrogen and oxygen atoms in total. The van der Waals surface area contributed by atoms with Crippen LogP contribution in [0.4, 0.5) is 5.13 Å². The zero-order valence-corrected chi connectivity index (χ0v) is 14.8. The molecule has 0 saturated carbocycles. The van der Waals surface area contributed by atoms with Gasteiger partial charge in [0.25, 0.3) is 0 Å². The maximum absolute atomic E-state index is 12.0. The van der Waals surface area contributed by atoms with Gasteiger partial charge in [-0.15, -0.1) is 11.3 Å². The molecule has 0 fully saturated rings. The van der Waals surface area contributed by atoms with E-state index >= 15 is 0 Å². The van der Waals surface area contributed by atoms with E-state index in [-0.39, 0.29) is 11.7 Å². The van der Waals surface area contributed by atoms with Gasteiger partial charge in [0.05, 0.1) is 16.8 Å². The third-order valence-corrected chi connectivity index (χ3v) is 5.21. The number of carbonyl (C=O) groups excluding carboxylic acids is 1. The molecule has 0 saturated heterocycles. The smallest absolute Gasteiger partial charge is 0.236 e. The van der Waals surface area contributed by atoms with Crippen molar-refractivity contribution >= 4 is 45.0 Å². The number of fused-ring (bicyclic) bond motifs is 1. The second kappa shape index (κ2) is 6.99. The Balaban J connectivity index is 1.81. The molecule has 120 valence electrons. The average Bonchev–Trinajstić information content (AvgIpc) is 3.06. The second-order valence-electron chi connectivity index (χ2n) is 5.26. The lowest BCUT2D eigenvalue weighted by Crippen LogP contribution is -2.14. The number of thiazole rings is 1. The Morgan fingerprint density at radius 3 is 2.83 bits per heavy atom. The van der Waals surface area contributed by atoms with Gasteiger partial charge in [-0.25, -0.2) is 9.97 Å². The van der Waals surface area contributed by atoms with Crippen LogP contribution < -0.4 is 5.32 Å². The lowest BCUT2D eigenvalue weighted by Gasteiger charge is -2.08. The summed E-state index contributed by atoms with van der Waals surface area (Å²) in [6.07, 6.45) is 1.64. The van der Waals surface area contributed by atoms with E-state index in [1.165, 1.54) is 23.1 Å². The lowest BCUT2D eigenvalue weighted by molar-refractivity contribution is -0.113. The van der Waals surface area contributed by atoms with Gasteiger partial charge in [0.1, 0.15) is 11.1 Å². The fourth-order valence-corrected chi connectivity index (χ4v) is 3.50. The largest absolute Gasteiger partial charge is 0.301 e. The standard InChI is InChI=1S/C17H14N4OS2/c1-10-5-12-7-13(8-18)16(20-14(12)6-11(10)2)24-9-15(22)21-17-19-3-4-23-17/h3-7H,9H2,1-2H3,(H,19,21,22). The molecular weight excluding hydrogens is 340 g/mol. The van der Waals surface area contributed by atoms with Crippen molar-refractivity contribution in [2.75, 3.05) is 11.1 Å². The minimum atomic E-state index is -0.166. The molecule has 2 heterocycles. The highest BCUT2D eigenvalue weighted by atomic mass is 32.2. The van der Waals surface area contributed by atoms with Crippen LogP contribution in [-0.4, -0.2) is 21.6 Å². The van der Waals surface area contributed by atoms with Gasteiger partial charge in [-0.2, -0.15) is 5.26 Å². The van der Waals surface area contributed by atoms with Crippen molar-refractivity contribution in [2.45, 2.75) is 18.9 Å². The number of hydrogen-bond donors (Lipinski definition) is 1. The highest BCUT2D eigenvalue weighted by molar-refractivity contribution is 8.00. The number of rotatable bonds is 4. The van der Waals surface area contributed by atoms with E-state index in [4.69, 9.17) is 0 Å². The number of aryl methyl sites for hydroxylation is 2. The maximum atomic E-state index is 12.0. The summed E-state index contributed by atoms with van der Waals surface area (Å²) in [6, 6.07) is 8.03. The Labute approximate surface area is 147 Å². The number of pyridine rings is 1. The fourth-order valence-electron chi connectivity index (χ4n) is 2.19. The molecule has 7 heteroatoms. The van der Waals surface area contributed by atoms with Gasteiger partial charge in [-0.1, -0.05) is 11.8 Å². The molecule has 3 rings (SSSR count). The van der Waals surface area contributed by atoms with Crippen molar-refractivity contribution in [3.8, 4) is 6.07 Å². The Bertz CT molecular complexity index is 945. The fraction of sp³-hybridized carbons (Fsp3) is 0.176. The summed E-state index contributed by atoms with van der Waals surface area (Å²) in [7, 11) is 0. The summed E-state index contributed by atoms with van der Waals surface area (Å²) in [4.78, 5) is 20.5. The van der Waals surface area contributed by atoms with E-state index in [0.717, 1.165) is 22.0 Å². The topological polar surface area (TPSA) is 78.7 Å². The first-order chi connectivity index (χ1) is 11.6. The molecule has 1 aromatic carbocycles. The van der Waals surface area contributed by atoms with Crippen LogP contribution in [0.5, 0.6) is 0 Å². The van der Waals surface area contributed by atoms with Crippen LogP contribution in [0.25, 0.3) is 10.9 Å². The molecule has 0 radical (unpaired) electrons. The molecule has 0 atom stereocenters. The van der Waals surface area contributed by atoms with Crippen LogP contribution in [0.15, 0.2) is 34.8 Å². The van der Waals surface area contributed by atoms with E-state index < -0.39 is 0 Å². The van der Waals surface area contributed by atoms with Gasteiger partial charge < -0.3 is 5.32 Å². The molecule has 3 aromatic rings. The number of amides is 1. The number of anilines is 1. The molecule has 1 amide bonds. The highest BCUT2D eigenvalue weighted by Crippen LogP contribution is 2.26. The molecule has 0 bridgehead atoms. The van der Waals surface area contributed by atoms with Crippen LogP contribution in [0.3, 0.4) is 0 Å². The van der Waals surface area contributed by atoms with E-state index in [1.807, 2.05) is 32.0 Å². The first-order valence-corrected chi connectivity index (χ1v) is 9.07. The van der Waals surface area contributed by atoms with E-state index in [9.17, 15) is 10.1 Å². The third kappa shape index (κ3) is 3.55. The Morgan fingerprint density at radius 1 is 1.33 bits per heavy atom. The number of nitriles is 1. The van der Waals surface area contributed by atoms with Crippen molar-refractivity contribution in [2.24, 2.45) is 0 Å². The predicted octanol–water partition coefficient (Wildman–Crippen LogP) is 3.91. The summed E-state index contributed by atoms with van der Waals surface area (Å²) < 4.78 is 0. The third-order valence-electron chi connectivity index (χ3n) is 3.53. The van der Waals surface area contributed by atoms with Crippen LogP contribution in [0.2, 0.25) is 0 Å². The minimum absolute atomic E-state index is 0.166. The van der Waals surface area contributed by atoms with Crippen LogP contribution >= 0.6 is 23.1 Å². The number of thioether (sulfide) groups is 1. The molecule has 0 unspecified atom stereocenters. The van der Waals surface area contributed by atoms with Crippen molar-refractivity contribution in [1.29, 1.82) is 5.26 Å². The summed E-state index contributed by atoms with van der Waals surface area (Å²) in [5.41, 5.74) is 3.63. The van der Waals surface area contributed by atoms with Gasteiger partial charge in [0.15, 0.2) is 5.13 Å². The second-order valence-corrected chi connectivity index (χ2v) is 7.11. The van der Waals surface area contributed by atoms with Crippen molar-refractivity contribution in [1.82, 2.24) is 9.97 Å².